The van der Waals surface area contributed by atoms with Crippen LogP contribution in [0, 0.1) is 0 Å². The number of hydrogen-bond acceptors (Lipinski definition) is 3. The molecule has 9 heavy (non-hydrogen) atoms. The summed E-state index contributed by atoms with van der Waals surface area (Å²) in [6, 6.07) is 0. The Hall–Kier alpha value is 1.30. The minimum atomic E-state index is -3.62. The van der Waals surface area contributed by atoms with Gasteiger partial charge in [-0.05, 0) is 0 Å². The van der Waals surface area contributed by atoms with Crippen LogP contribution in [0.25, 0.3) is 0 Å². The van der Waals surface area contributed by atoms with Gasteiger partial charge in [0.25, 0.3) is 0 Å². The molecular formula is CH3Cl3O3SSe. The predicted molar refractivity (Wildman–Crippen MR) is 39.2 cm³/mol. The van der Waals surface area contributed by atoms with Crippen LogP contribution in [0.4, 0.5) is 0 Å². The second-order valence-corrected chi connectivity index (χ2v) is 14.3. The molecule has 0 aliphatic carbocycles. The summed E-state index contributed by atoms with van der Waals surface area (Å²) >= 11 is 0. The third kappa shape index (κ3) is 9.30. The van der Waals surface area contributed by atoms with Crippen molar-refractivity contribution in [1.29, 1.82) is 0 Å². The first kappa shape index (κ1) is 10.3. The van der Waals surface area contributed by atoms with Gasteiger partial charge in [-0.15, -0.1) is 0 Å². The predicted octanol–water partition coefficient (Wildman–Crippen LogP) is 1.11. The van der Waals surface area contributed by atoms with Crippen LogP contribution in [0.2, 0.25) is 0 Å². The Morgan fingerprint density at radius 1 is 1.33 bits per heavy atom. The van der Waals surface area contributed by atoms with Crippen molar-refractivity contribution in [3.63, 3.8) is 0 Å². The van der Waals surface area contributed by atoms with E-state index in [1.54, 1.807) is 0 Å². The van der Waals surface area contributed by atoms with Crippen molar-refractivity contribution in [2.45, 2.75) is 0 Å². The Labute approximate surface area is 68.6 Å². The van der Waals surface area contributed by atoms with Gasteiger partial charge in [-0.3, -0.25) is 0 Å². The van der Waals surface area contributed by atoms with Crippen molar-refractivity contribution in [3.8, 4) is 0 Å². The molecule has 8 heteroatoms. The summed E-state index contributed by atoms with van der Waals surface area (Å²) in [4.78, 5) is 0. The van der Waals surface area contributed by atoms with Crippen LogP contribution in [0.3, 0.4) is 0 Å². The van der Waals surface area contributed by atoms with E-state index in [4.69, 9.17) is 30.3 Å². The molecule has 0 aromatic carbocycles. The first-order valence-electron chi connectivity index (χ1n) is 1.54. The number of hydrogen-bond donors (Lipinski definition) is 0. The van der Waals surface area contributed by atoms with E-state index in [1.165, 1.54) is 0 Å². The van der Waals surface area contributed by atoms with E-state index in [-0.39, 0.29) is 0 Å². The average molecular weight is 280 g/mol. The van der Waals surface area contributed by atoms with Crippen molar-refractivity contribution >= 4 is 50.9 Å². The summed E-state index contributed by atoms with van der Waals surface area (Å²) in [6.07, 6.45) is 0.826. The molecule has 0 aromatic rings. The van der Waals surface area contributed by atoms with E-state index in [1.807, 2.05) is 0 Å². The van der Waals surface area contributed by atoms with E-state index < -0.39 is 20.6 Å². The summed E-state index contributed by atoms with van der Waals surface area (Å²) in [5.74, 6) is 0. The van der Waals surface area contributed by atoms with Crippen LogP contribution in [0.1, 0.15) is 0 Å². The Morgan fingerprint density at radius 3 is 1.67 bits per heavy atom. The Morgan fingerprint density at radius 2 is 1.67 bits per heavy atom. The third-order valence-electron chi connectivity index (χ3n) is 0.201. The molecule has 0 spiro atoms. The Balaban J connectivity index is 4.07. The minimum absolute atomic E-state index is 0.826. The third-order valence-corrected chi connectivity index (χ3v) is 5.53. The summed E-state index contributed by atoms with van der Waals surface area (Å²) in [7, 11) is 8.08. The summed E-state index contributed by atoms with van der Waals surface area (Å²) in [6.45, 7) is 0. The molecular weight excluding hydrogens is 277 g/mol. The zero-order chi connectivity index (χ0) is 7.71. The van der Waals surface area contributed by atoms with Crippen LogP contribution in [-0.2, 0) is 13.4 Å². The fourth-order valence-corrected chi connectivity index (χ4v) is 6.55. The molecule has 0 saturated carbocycles. The molecule has 0 radical (unpaired) electrons. The standard InChI is InChI=1S/CH3Cl3O3SSe/c1-8(5,6)7-9(2,3)4/h1H3. The molecule has 0 aliphatic heterocycles. The Bertz CT molecular complexity index is 180. The molecule has 58 valence electrons. The van der Waals surface area contributed by atoms with Gasteiger partial charge in [-0.25, -0.2) is 0 Å². The van der Waals surface area contributed by atoms with E-state index in [9.17, 15) is 8.42 Å². The SMILES string of the molecule is CS(=O)(=O)O[Se](Cl)(Cl)Cl. The summed E-state index contributed by atoms with van der Waals surface area (Å²) in [5, 5.41) is 0. The monoisotopic (exact) mass is 280 g/mol. The number of halogens is 3. The van der Waals surface area contributed by atoms with Crippen molar-refractivity contribution < 1.29 is 11.7 Å². The van der Waals surface area contributed by atoms with Gasteiger partial charge in [0.05, 0.1) is 0 Å². The normalized spacial score (nSPS) is 15.6. The first-order chi connectivity index (χ1) is 3.71. The van der Waals surface area contributed by atoms with Crippen LogP contribution in [0.5, 0.6) is 0 Å². The molecule has 0 atom stereocenters. The average Bonchev–Trinajstić information content (AvgIpc) is 1.14. The van der Waals surface area contributed by atoms with Gasteiger partial charge in [-0.2, -0.15) is 0 Å². The quantitative estimate of drug-likeness (QED) is 0.712. The van der Waals surface area contributed by atoms with E-state index in [0.29, 0.717) is 0 Å². The van der Waals surface area contributed by atoms with Crippen LogP contribution < -0.4 is 0 Å². The van der Waals surface area contributed by atoms with Crippen molar-refractivity contribution in [2.75, 3.05) is 6.26 Å². The van der Waals surface area contributed by atoms with Gasteiger partial charge in [0, 0.05) is 0 Å². The molecule has 0 unspecified atom stereocenters. The second-order valence-electron chi connectivity index (χ2n) is 1.14. The van der Waals surface area contributed by atoms with Crippen LogP contribution in [-0.4, -0.2) is 25.1 Å². The van der Waals surface area contributed by atoms with Gasteiger partial charge in [0.15, 0.2) is 0 Å². The summed E-state index contributed by atoms with van der Waals surface area (Å²) < 4.78 is 24.5. The van der Waals surface area contributed by atoms with Gasteiger partial charge >= 0.3 is 68.8 Å². The molecule has 0 amide bonds. The maximum atomic E-state index is 10.2. The molecule has 0 bridgehead atoms. The van der Waals surface area contributed by atoms with Gasteiger partial charge in [0.1, 0.15) is 0 Å². The maximum absolute atomic E-state index is 10.2. The second kappa shape index (κ2) is 3.13. The first-order valence-corrected chi connectivity index (χ1v) is 10.8. The zero-order valence-electron chi connectivity index (χ0n) is 4.18. The molecule has 3 nitrogen and oxygen atoms in total. The molecule has 0 saturated heterocycles. The number of rotatable bonds is 2. The van der Waals surface area contributed by atoms with Crippen molar-refractivity contribution in [2.24, 2.45) is 0 Å². The van der Waals surface area contributed by atoms with E-state index in [0.717, 1.165) is 6.26 Å². The van der Waals surface area contributed by atoms with E-state index >= 15 is 0 Å². The topological polar surface area (TPSA) is 43.4 Å². The van der Waals surface area contributed by atoms with E-state index in [2.05, 4.69) is 3.27 Å². The van der Waals surface area contributed by atoms with Crippen molar-refractivity contribution in [3.05, 3.63) is 0 Å². The molecule has 0 rings (SSSR count). The van der Waals surface area contributed by atoms with Gasteiger partial charge in [-0.1, -0.05) is 0 Å². The van der Waals surface area contributed by atoms with Gasteiger partial charge in [0.2, 0.25) is 0 Å². The summed E-state index contributed by atoms with van der Waals surface area (Å²) in [5.41, 5.74) is 0. The molecule has 0 heterocycles. The fraction of sp³-hybridized carbons (Fsp3) is 1.00. The molecule has 0 aliphatic rings. The van der Waals surface area contributed by atoms with Crippen LogP contribution in [0.15, 0.2) is 0 Å². The fourth-order valence-electron chi connectivity index (χ4n) is 0.140. The molecule has 0 fully saturated rings. The zero-order valence-corrected chi connectivity index (χ0v) is 8.97. The Kier molecular flexibility index (Phi) is 3.59. The molecule has 0 aromatic heterocycles. The van der Waals surface area contributed by atoms with Crippen molar-refractivity contribution in [1.82, 2.24) is 0 Å². The molecule has 0 N–H and O–H groups in total. The van der Waals surface area contributed by atoms with Gasteiger partial charge < -0.3 is 0 Å². The van der Waals surface area contributed by atoms with Crippen LogP contribution >= 0.6 is 30.3 Å².